The van der Waals surface area contributed by atoms with Gasteiger partial charge in [0, 0.05) is 4.47 Å². The molecule has 0 amide bonds. The van der Waals surface area contributed by atoms with Gasteiger partial charge in [0.25, 0.3) is 0 Å². The largest absolute Gasteiger partial charge is 0.462 e. The zero-order valence-corrected chi connectivity index (χ0v) is 10.5. The normalized spacial score (nSPS) is 11.3. The van der Waals surface area contributed by atoms with Gasteiger partial charge in [0.05, 0.1) is 6.61 Å². The van der Waals surface area contributed by atoms with E-state index in [0.717, 1.165) is 10.0 Å². The average Bonchev–Trinajstić information content (AvgIpc) is 2.21. The zero-order valence-electron chi connectivity index (χ0n) is 8.17. The number of carbonyl (C=O) groups excluding carboxylic acids is 1. The second kappa shape index (κ2) is 5.93. The molecule has 0 saturated heterocycles. The fourth-order valence-electron chi connectivity index (χ4n) is 0.988. The zero-order chi connectivity index (χ0) is 11.3. The SMILES string of the molecule is CCOC(=O)C(Cl)=Cc1ccccc1Br. The first-order valence-corrected chi connectivity index (χ1v) is 5.61. The van der Waals surface area contributed by atoms with Crippen LogP contribution in [-0.4, -0.2) is 12.6 Å². The third kappa shape index (κ3) is 3.68. The van der Waals surface area contributed by atoms with Gasteiger partial charge in [-0.2, -0.15) is 0 Å². The molecule has 0 spiro atoms. The number of benzene rings is 1. The summed E-state index contributed by atoms with van der Waals surface area (Å²) in [5, 5.41) is 0.0729. The van der Waals surface area contributed by atoms with E-state index in [0.29, 0.717) is 6.61 Å². The number of ether oxygens (including phenoxy) is 1. The van der Waals surface area contributed by atoms with Crippen LogP contribution in [0.4, 0.5) is 0 Å². The Morgan fingerprint density at radius 1 is 1.53 bits per heavy atom. The van der Waals surface area contributed by atoms with Crippen molar-refractivity contribution < 1.29 is 9.53 Å². The van der Waals surface area contributed by atoms with Crippen LogP contribution in [0.2, 0.25) is 0 Å². The minimum absolute atomic E-state index is 0.0729. The summed E-state index contributed by atoms with van der Waals surface area (Å²) >= 11 is 9.14. The molecule has 0 unspecified atom stereocenters. The highest BCUT2D eigenvalue weighted by molar-refractivity contribution is 9.10. The molecule has 80 valence electrons. The maximum absolute atomic E-state index is 11.2. The Labute approximate surface area is 102 Å². The Morgan fingerprint density at radius 2 is 2.20 bits per heavy atom. The van der Waals surface area contributed by atoms with Crippen molar-refractivity contribution >= 4 is 39.6 Å². The van der Waals surface area contributed by atoms with Gasteiger partial charge < -0.3 is 4.74 Å². The first-order chi connectivity index (χ1) is 7.15. The van der Waals surface area contributed by atoms with Crippen LogP contribution < -0.4 is 0 Å². The minimum Gasteiger partial charge on any atom is -0.462 e. The van der Waals surface area contributed by atoms with Crippen LogP contribution in [-0.2, 0) is 9.53 Å². The topological polar surface area (TPSA) is 26.3 Å². The third-order valence-corrected chi connectivity index (χ3v) is 2.64. The van der Waals surface area contributed by atoms with Gasteiger partial charge in [0.1, 0.15) is 5.03 Å². The van der Waals surface area contributed by atoms with Crippen LogP contribution in [0.3, 0.4) is 0 Å². The highest BCUT2D eigenvalue weighted by Gasteiger charge is 2.07. The van der Waals surface area contributed by atoms with Crippen LogP contribution >= 0.6 is 27.5 Å². The molecule has 0 fully saturated rings. The molecule has 0 radical (unpaired) electrons. The molecular weight excluding hydrogens is 279 g/mol. The first kappa shape index (κ1) is 12.3. The Hall–Kier alpha value is -0.800. The smallest absolute Gasteiger partial charge is 0.349 e. The maximum atomic E-state index is 11.2. The molecule has 0 atom stereocenters. The van der Waals surface area contributed by atoms with E-state index in [1.165, 1.54) is 0 Å². The van der Waals surface area contributed by atoms with Gasteiger partial charge in [-0.05, 0) is 24.6 Å². The van der Waals surface area contributed by atoms with Crippen molar-refractivity contribution in [3.63, 3.8) is 0 Å². The first-order valence-electron chi connectivity index (χ1n) is 4.44. The molecule has 1 rings (SSSR count). The summed E-state index contributed by atoms with van der Waals surface area (Å²) in [7, 11) is 0. The Balaban J connectivity index is 2.88. The molecule has 0 N–H and O–H groups in total. The second-order valence-corrected chi connectivity index (χ2v) is 4.00. The van der Waals surface area contributed by atoms with Gasteiger partial charge >= 0.3 is 5.97 Å². The van der Waals surface area contributed by atoms with Crippen molar-refractivity contribution in [2.45, 2.75) is 6.92 Å². The molecule has 0 aromatic heterocycles. The molecule has 4 heteroatoms. The van der Waals surface area contributed by atoms with E-state index < -0.39 is 5.97 Å². The molecule has 1 aromatic carbocycles. The number of carbonyl (C=O) groups is 1. The molecule has 2 nitrogen and oxygen atoms in total. The van der Waals surface area contributed by atoms with Crippen LogP contribution in [0.1, 0.15) is 12.5 Å². The summed E-state index contributed by atoms with van der Waals surface area (Å²) in [6.07, 6.45) is 1.57. The number of hydrogen-bond acceptors (Lipinski definition) is 2. The highest BCUT2D eigenvalue weighted by Crippen LogP contribution is 2.20. The van der Waals surface area contributed by atoms with Gasteiger partial charge in [0.15, 0.2) is 0 Å². The van der Waals surface area contributed by atoms with Gasteiger partial charge in [-0.3, -0.25) is 0 Å². The third-order valence-electron chi connectivity index (χ3n) is 1.66. The molecule has 15 heavy (non-hydrogen) atoms. The van der Waals surface area contributed by atoms with E-state index in [1.807, 2.05) is 24.3 Å². The van der Waals surface area contributed by atoms with E-state index in [4.69, 9.17) is 16.3 Å². The molecule has 0 aliphatic rings. The quantitative estimate of drug-likeness (QED) is 0.628. The number of hydrogen-bond donors (Lipinski definition) is 0. The molecular formula is C11H10BrClO2. The summed E-state index contributed by atoms with van der Waals surface area (Å²) in [5.74, 6) is -0.505. The van der Waals surface area contributed by atoms with Gasteiger partial charge in [0.2, 0.25) is 0 Å². The predicted molar refractivity (Wildman–Crippen MR) is 64.6 cm³/mol. The van der Waals surface area contributed by atoms with E-state index in [-0.39, 0.29) is 5.03 Å². The Kier molecular flexibility index (Phi) is 4.85. The van der Waals surface area contributed by atoms with Crippen LogP contribution in [0.15, 0.2) is 33.8 Å². The number of rotatable bonds is 3. The minimum atomic E-state index is -0.505. The number of esters is 1. The summed E-state index contributed by atoms with van der Waals surface area (Å²) in [4.78, 5) is 11.2. The summed E-state index contributed by atoms with van der Waals surface area (Å²) in [6.45, 7) is 2.05. The van der Waals surface area contributed by atoms with E-state index in [2.05, 4.69) is 15.9 Å². The standard InChI is InChI=1S/C11H10BrClO2/c1-2-15-11(14)10(13)7-8-5-3-4-6-9(8)12/h3-7H,2H2,1H3. The van der Waals surface area contributed by atoms with Crippen molar-refractivity contribution in [1.29, 1.82) is 0 Å². The molecule has 0 heterocycles. The fourth-order valence-corrected chi connectivity index (χ4v) is 1.56. The van der Waals surface area contributed by atoms with E-state index in [9.17, 15) is 4.79 Å². The summed E-state index contributed by atoms with van der Waals surface area (Å²) in [6, 6.07) is 7.48. The summed E-state index contributed by atoms with van der Waals surface area (Å²) in [5.41, 5.74) is 0.843. The van der Waals surface area contributed by atoms with Crippen molar-refractivity contribution in [1.82, 2.24) is 0 Å². The van der Waals surface area contributed by atoms with Gasteiger partial charge in [-0.25, -0.2) is 4.79 Å². The lowest BCUT2D eigenvalue weighted by atomic mass is 10.2. The monoisotopic (exact) mass is 288 g/mol. The molecule has 0 saturated carbocycles. The second-order valence-electron chi connectivity index (χ2n) is 2.73. The Bertz CT molecular complexity index is 388. The lowest BCUT2D eigenvalue weighted by Gasteiger charge is -2.01. The van der Waals surface area contributed by atoms with Crippen molar-refractivity contribution in [2.75, 3.05) is 6.61 Å². The van der Waals surface area contributed by atoms with Gasteiger partial charge in [-0.1, -0.05) is 45.7 Å². The predicted octanol–water partition coefficient (Wildman–Crippen LogP) is 3.59. The Morgan fingerprint density at radius 3 is 2.80 bits per heavy atom. The van der Waals surface area contributed by atoms with Crippen molar-refractivity contribution in [3.8, 4) is 0 Å². The molecule has 0 aliphatic carbocycles. The molecule has 0 aliphatic heterocycles. The lowest BCUT2D eigenvalue weighted by Crippen LogP contribution is -2.03. The van der Waals surface area contributed by atoms with Crippen molar-refractivity contribution in [2.24, 2.45) is 0 Å². The maximum Gasteiger partial charge on any atom is 0.349 e. The lowest BCUT2D eigenvalue weighted by molar-refractivity contribution is -0.137. The highest BCUT2D eigenvalue weighted by atomic mass is 79.9. The summed E-state index contributed by atoms with van der Waals surface area (Å²) < 4.78 is 5.64. The fraction of sp³-hybridized carbons (Fsp3) is 0.182. The van der Waals surface area contributed by atoms with Gasteiger partial charge in [-0.15, -0.1) is 0 Å². The number of halogens is 2. The van der Waals surface area contributed by atoms with Crippen LogP contribution in [0, 0.1) is 0 Å². The molecule has 0 bridgehead atoms. The average molecular weight is 290 g/mol. The van der Waals surface area contributed by atoms with Crippen LogP contribution in [0.25, 0.3) is 6.08 Å². The van der Waals surface area contributed by atoms with E-state index >= 15 is 0 Å². The van der Waals surface area contributed by atoms with E-state index in [1.54, 1.807) is 13.0 Å². The van der Waals surface area contributed by atoms with Crippen molar-refractivity contribution in [3.05, 3.63) is 39.3 Å². The molecule has 1 aromatic rings. The van der Waals surface area contributed by atoms with Crippen LogP contribution in [0.5, 0.6) is 0 Å².